The average Bonchev–Trinajstić information content (AvgIpc) is 2.69. The largest absolute Gasteiger partial charge is 0.328 e. The number of rotatable bonds is 1. The van der Waals surface area contributed by atoms with Gasteiger partial charge >= 0.3 is 0 Å². The molecular formula is C12H19N5S. The lowest BCUT2D eigenvalue weighted by molar-refractivity contribution is 0.703. The molecule has 5 nitrogen and oxygen atoms in total. The number of nitrogens with two attached hydrogens (primary N) is 1. The first-order chi connectivity index (χ1) is 8.65. The van der Waals surface area contributed by atoms with Gasteiger partial charge in [-0.3, -0.25) is 5.14 Å². The van der Waals surface area contributed by atoms with E-state index in [0.29, 0.717) is 0 Å². The van der Waals surface area contributed by atoms with Crippen LogP contribution >= 0.6 is 11.1 Å². The molecule has 1 atom stereocenters. The SMILES string of the molecule is Cc1nnn(C)c1N1C=CC2=C(CC[SH](N)C2)C1. The van der Waals surface area contributed by atoms with Crippen molar-refractivity contribution in [2.24, 2.45) is 12.2 Å². The van der Waals surface area contributed by atoms with Crippen molar-refractivity contribution in [3.63, 3.8) is 0 Å². The molecule has 1 unspecified atom stereocenters. The van der Waals surface area contributed by atoms with Crippen LogP contribution in [0.1, 0.15) is 12.1 Å². The first-order valence-electron chi connectivity index (χ1n) is 6.17. The van der Waals surface area contributed by atoms with Gasteiger partial charge in [-0.05, 0) is 36.3 Å². The second-order valence-electron chi connectivity index (χ2n) is 4.91. The van der Waals surface area contributed by atoms with Crippen molar-refractivity contribution in [2.75, 3.05) is 23.0 Å². The molecule has 18 heavy (non-hydrogen) atoms. The van der Waals surface area contributed by atoms with E-state index in [9.17, 15) is 0 Å². The van der Waals surface area contributed by atoms with E-state index < -0.39 is 0 Å². The molecule has 1 aromatic heterocycles. The molecule has 0 fully saturated rings. The van der Waals surface area contributed by atoms with Crippen LogP contribution in [0.15, 0.2) is 23.4 Å². The van der Waals surface area contributed by atoms with Crippen LogP contribution in [0.25, 0.3) is 0 Å². The predicted molar refractivity (Wildman–Crippen MR) is 76.8 cm³/mol. The van der Waals surface area contributed by atoms with Crippen LogP contribution in [0.2, 0.25) is 0 Å². The van der Waals surface area contributed by atoms with Crippen LogP contribution in [0.3, 0.4) is 0 Å². The van der Waals surface area contributed by atoms with Crippen LogP contribution in [0.4, 0.5) is 5.82 Å². The van der Waals surface area contributed by atoms with Crippen LogP contribution < -0.4 is 10.0 Å². The van der Waals surface area contributed by atoms with Crippen molar-refractivity contribution in [2.45, 2.75) is 13.3 Å². The van der Waals surface area contributed by atoms with Crippen molar-refractivity contribution in [1.29, 1.82) is 0 Å². The molecule has 0 saturated carbocycles. The van der Waals surface area contributed by atoms with E-state index in [2.05, 4.69) is 27.5 Å². The Hall–Kier alpha value is -1.27. The third kappa shape index (κ3) is 1.95. The van der Waals surface area contributed by atoms with E-state index in [1.807, 2.05) is 18.7 Å². The molecule has 3 rings (SSSR count). The summed E-state index contributed by atoms with van der Waals surface area (Å²) in [5, 5.41) is 14.3. The predicted octanol–water partition coefficient (Wildman–Crippen LogP) is 1.03. The highest BCUT2D eigenvalue weighted by Gasteiger charge is 2.22. The fourth-order valence-electron chi connectivity index (χ4n) is 2.63. The Labute approximate surface area is 110 Å². The summed E-state index contributed by atoms with van der Waals surface area (Å²) in [5.74, 6) is 3.33. The van der Waals surface area contributed by atoms with Crippen LogP contribution in [0.5, 0.6) is 0 Å². The first-order valence-corrected chi connectivity index (χ1v) is 7.95. The van der Waals surface area contributed by atoms with Gasteiger partial charge in [0.05, 0.1) is 0 Å². The molecular weight excluding hydrogens is 246 g/mol. The molecule has 2 aliphatic rings. The molecule has 2 N–H and O–H groups in total. The molecule has 0 aromatic carbocycles. The summed E-state index contributed by atoms with van der Waals surface area (Å²) in [5.41, 5.74) is 3.96. The molecule has 0 amide bonds. The fraction of sp³-hybridized carbons (Fsp3) is 0.500. The number of nitrogens with zero attached hydrogens (tertiary/aromatic N) is 4. The summed E-state index contributed by atoms with van der Waals surface area (Å²) >= 11 is -0.264. The van der Waals surface area contributed by atoms with Gasteiger partial charge in [0.2, 0.25) is 0 Å². The third-order valence-corrected chi connectivity index (χ3v) is 5.12. The summed E-state index contributed by atoms with van der Waals surface area (Å²) in [4.78, 5) is 2.23. The van der Waals surface area contributed by atoms with Crippen molar-refractivity contribution in [3.05, 3.63) is 29.1 Å². The zero-order valence-electron chi connectivity index (χ0n) is 10.8. The normalized spacial score (nSPS) is 25.5. The Bertz CT molecular complexity index is 511. The topological polar surface area (TPSA) is 60.0 Å². The second kappa shape index (κ2) is 4.44. The number of allylic oxidation sites excluding steroid dienone is 1. The highest BCUT2D eigenvalue weighted by molar-refractivity contribution is 8.15. The van der Waals surface area contributed by atoms with Crippen molar-refractivity contribution in [1.82, 2.24) is 15.0 Å². The quantitative estimate of drug-likeness (QED) is 0.745. The summed E-state index contributed by atoms with van der Waals surface area (Å²) in [7, 11) is 1.94. The Morgan fingerprint density at radius 2 is 2.28 bits per heavy atom. The zero-order valence-corrected chi connectivity index (χ0v) is 11.7. The maximum absolute atomic E-state index is 6.08. The van der Waals surface area contributed by atoms with Gasteiger partial charge in [-0.1, -0.05) is 5.21 Å². The Balaban J connectivity index is 1.87. The second-order valence-corrected chi connectivity index (χ2v) is 6.86. The van der Waals surface area contributed by atoms with E-state index >= 15 is 0 Å². The molecule has 0 spiro atoms. The maximum atomic E-state index is 6.08. The average molecular weight is 265 g/mol. The molecule has 0 radical (unpaired) electrons. The Morgan fingerprint density at radius 3 is 3.00 bits per heavy atom. The van der Waals surface area contributed by atoms with Gasteiger partial charge < -0.3 is 4.90 Å². The number of hydrogen-bond acceptors (Lipinski definition) is 4. The highest BCUT2D eigenvalue weighted by atomic mass is 32.2. The Morgan fingerprint density at radius 1 is 1.44 bits per heavy atom. The number of anilines is 1. The summed E-state index contributed by atoms with van der Waals surface area (Å²) in [6.45, 7) is 2.96. The minimum absolute atomic E-state index is 0.264. The monoisotopic (exact) mass is 265 g/mol. The summed E-state index contributed by atoms with van der Waals surface area (Å²) < 4.78 is 1.84. The first kappa shape index (κ1) is 11.8. The fourth-order valence-corrected chi connectivity index (χ4v) is 4.11. The van der Waals surface area contributed by atoms with Gasteiger partial charge in [0.15, 0.2) is 5.82 Å². The minimum Gasteiger partial charge on any atom is -0.328 e. The minimum atomic E-state index is -0.264. The van der Waals surface area contributed by atoms with Gasteiger partial charge in [-0.25, -0.2) is 15.8 Å². The number of aromatic nitrogens is 3. The molecule has 0 aliphatic carbocycles. The van der Waals surface area contributed by atoms with Gasteiger partial charge in [0.1, 0.15) is 5.69 Å². The molecule has 6 heteroatoms. The maximum Gasteiger partial charge on any atom is 0.154 e. The molecule has 3 heterocycles. The van der Waals surface area contributed by atoms with E-state index in [1.165, 1.54) is 16.9 Å². The summed E-state index contributed by atoms with van der Waals surface area (Å²) in [6, 6.07) is 0. The van der Waals surface area contributed by atoms with Gasteiger partial charge in [0, 0.05) is 25.5 Å². The van der Waals surface area contributed by atoms with Crippen molar-refractivity contribution < 1.29 is 0 Å². The van der Waals surface area contributed by atoms with Gasteiger partial charge in [-0.2, -0.15) is 0 Å². The molecule has 1 aromatic rings. The summed E-state index contributed by atoms with van der Waals surface area (Å²) in [6.07, 6.45) is 5.49. The number of hydrogen-bond donors (Lipinski definition) is 2. The molecule has 98 valence electrons. The molecule has 0 bridgehead atoms. The molecule has 0 saturated heterocycles. The van der Waals surface area contributed by atoms with Crippen molar-refractivity contribution >= 4 is 16.9 Å². The van der Waals surface area contributed by atoms with Crippen molar-refractivity contribution in [3.8, 4) is 0 Å². The lowest BCUT2D eigenvalue weighted by atomic mass is 10.0. The standard InChI is InChI=1S/C12H19N5S/c1-9-12(16(2)15-14-9)17-5-3-11-8-18(13)6-4-10(11)7-17/h3,5,18H,4,6-8,13H2,1-2H3. The number of aryl methyl sites for hydroxylation is 2. The van der Waals surface area contributed by atoms with Gasteiger partial charge in [0.25, 0.3) is 0 Å². The lowest BCUT2D eigenvalue weighted by Crippen LogP contribution is -2.29. The van der Waals surface area contributed by atoms with E-state index in [1.54, 1.807) is 0 Å². The van der Waals surface area contributed by atoms with Crippen LogP contribution in [0, 0.1) is 6.92 Å². The van der Waals surface area contributed by atoms with Gasteiger partial charge in [-0.15, -0.1) is 5.10 Å². The third-order valence-electron chi connectivity index (χ3n) is 3.58. The Kier molecular flexibility index (Phi) is 2.91. The smallest absolute Gasteiger partial charge is 0.154 e. The van der Waals surface area contributed by atoms with E-state index in [0.717, 1.165) is 30.2 Å². The lowest BCUT2D eigenvalue weighted by Gasteiger charge is -2.33. The van der Waals surface area contributed by atoms with Crippen LogP contribution in [-0.4, -0.2) is 33.0 Å². The van der Waals surface area contributed by atoms with E-state index in [-0.39, 0.29) is 11.1 Å². The molecule has 2 aliphatic heterocycles. The zero-order chi connectivity index (χ0) is 12.7. The number of thiol groups is 1. The highest BCUT2D eigenvalue weighted by Crippen LogP contribution is 2.34. The van der Waals surface area contributed by atoms with Crippen LogP contribution in [-0.2, 0) is 7.05 Å². The van der Waals surface area contributed by atoms with E-state index in [4.69, 9.17) is 5.14 Å².